The number of rotatable bonds is 3. The van der Waals surface area contributed by atoms with Crippen molar-refractivity contribution in [3.63, 3.8) is 0 Å². The number of aryl methyl sites for hydroxylation is 1. The summed E-state index contributed by atoms with van der Waals surface area (Å²) >= 11 is 0. The lowest BCUT2D eigenvalue weighted by Crippen LogP contribution is -2.41. The molecule has 4 nitrogen and oxygen atoms in total. The maximum Gasteiger partial charge on any atom is 0.498 e. The van der Waals surface area contributed by atoms with Gasteiger partial charge in [0, 0.05) is 24.1 Å². The SMILES string of the molecule is CCn1cc(B2OC(C)(C)C(C)(C)O2)c(C2CC2)n1. The monoisotopic (exact) mass is 262 g/mol. The largest absolute Gasteiger partial charge is 0.498 e. The molecule has 19 heavy (non-hydrogen) atoms. The zero-order valence-corrected chi connectivity index (χ0v) is 12.6. The second-order valence-corrected chi connectivity index (χ2v) is 6.69. The molecule has 104 valence electrons. The van der Waals surface area contributed by atoms with Crippen molar-refractivity contribution in [1.82, 2.24) is 9.78 Å². The molecule has 1 aliphatic carbocycles. The molecule has 1 aliphatic heterocycles. The molecule has 2 fully saturated rings. The summed E-state index contributed by atoms with van der Waals surface area (Å²) in [4.78, 5) is 0. The Morgan fingerprint density at radius 3 is 2.32 bits per heavy atom. The van der Waals surface area contributed by atoms with Gasteiger partial charge in [0.1, 0.15) is 0 Å². The van der Waals surface area contributed by atoms with E-state index in [4.69, 9.17) is 9.31 Å². The molecule has 3 rings (SSSR count). The molecule has 0 unspecified atom stereocenters. The van der Waals surface area contributed by atoms with Gasteiger partial charge in [-0.3, -0.25) is 4.68 Å². The van der Waals surface area contributed by atoms with Gasteiger partial charge in [0.2, 0.25) is 0 Å². The summed E-state index contributed by atoms with van der Waals surface area (Å²) in [5, 5.41) is 4.69. The molecule has 0 N–H and O–H groups in total. The predicted octanol–water partition coefficient (Wildman–Crippen LogP) is 2.08. The van der Waals surface area contributed by atoms with Crippen LogP contribution in [0.25, 0.3) is 0 Å². The molecule has 1 saturated heterocycles. The molecular formula is C14H23BN2O2. The predicted molar refractivity (Wildman–Crippen MR) is 75.6 cm³/mol. The molecule has 5 heteroatoms. The fourth-order valence-electron chi connectivity index (χ4n) is 2.44. The number of hydrogen-bond acceptors (Lipinski definition) is 3. The van der Waals surface area contributed by atoms with E-state index in [1.165, 1.54) is 18.5 Å². The van der Waals surface area contributed by atoms with Gasteiger partial charge < -0.3 is 9.31 Å². The van der Waals surface area contributed by atoms with E-state index in [1.807, 2.05) is 4.68 Å². The second-order valence-electron chi connectivity index (χ2n) is 6.69. The zero-order chi connectivity index (χ0) is 13.8. The van der Waals surface area contributed by atoms with Crippen LogP contribution in [0.5, 0.6) is 0 Å². The molecule has 1 aromatic rings. The average Bonchev–Trinajstić information content (AvgIpc) is 3.01. The van der Waals surface area contributed by atoms with E-state index in [0.717, 1.165) is 12.0 Å². The van der Waals surface area contributed by atoms with Gasteiger partial charge >= 0.3 is 7.12 Å². The van der Waals surface area contributed by atoms with Crippen LogP contribution in [0.4, 0.5) is 0 Å². The lowest BCUT2D eigenvalue weighted by Gasteiger charge is -2.32. The first-order valence-electron chi connectivity index (χ1n) is 7.27. The summed E-state index contributed by atoms with van der Waals surface area (Å²) in [6.45, 7) is 11.4. The molecule has 1 saturated carbocycles. The maximum absolute atomic E-state index is 6.15. The first-order chi connectivity index (χ1) is 8.84. The standard InChI is InChI=1S/C14H23BN2O2/c1-6-17-9-11(12(16-17)10-7-8-10)15-18-13(2,3)14(4,5)19-15/h9-10H,6-8H2,1-5H3. The Balaban J connectivity index is 1.93. The van der Waals surface area contributed by atoms with Crippen molar-refractivity contribution in [1.29, 1.82) is 0 Å². The highest BCUT2D eigenvalue weighted by Crippen LogP contribution is 2.41. The Kier molecular flexibility index (Phi) is 2.84. The lowest BCUT2D eigenvalue weighted by atomic mass is 9.78. The summed E-state index contributed by atoms with van der Waals surface area (Å²) in [6, 6.07) is 0. The van der Waals surface area contributed by atoms with Gasteiger partial charge in [0.05, 0.1) is 16.9 Å². The molecular weight excluding hydrogens is 239 g/mol. The van der Waals surface area contributed by atoms with Crippen LogP contribution >= 0.6 is 0 Å². The normalized spacial score (nSPS) is 25.0. The molecule has 0 amide bonds. The minimum Gasteiger partial charge on any atom is -0.399 e. The Morgan fingerprint density at radius 1 is 1.26 bits per heavy atom. The van der Waals surface area contributed by atoms with Gasteiger partial charge in [-0.05, 0) is 47.5 Å². The molecule has 0 spiro atoms. The van der Waals surface area contributed by atoms with Crippen LogP contribution in [-0.2, 0) is 15.9 Å². The van der Waals surface area contributed by atoms with Crippen LogP contribution in [0.1, 0.15) is 59.1 Å². The van der Waals surface area contributed by atoms with Crippen molar-refractivity contribution >= 4 is 12.6 Å². The van der Waals surface area contributed by atoms with Gasteiger partial charge in [-0.25, -0.2) is 0 Å². The Bertz CT molecular complexity index is 476. The Morgan fingerprint density at radius 2 is 1.84 bits per heavy atom. The highest BCUT2D eigenvalue weighted by atomic mass is 16.7. The first kappa shape index (κ1) is 13.2. The van der Waals surface area contributed by atoms with Crippen LogP contribution in [0.2, 0.25) is 0 Å². The molecule has 2 heterocycles. The van der Waals surface area contributed by atoms with E-state index >= 15 is 0 Å². The molecule has 0 atom stereocenters. The zero-order valence-electron chi connectivity index (χ0n) is 12.6. The van der Waals surface area contributed by atoms with E-state index in [-0.39, 0.29) is 18.3 Å². The van der Waals surface area contributed by atoms with E-state index in [2.05, 4.69) is 45.9 Å². The van der Waals surface area contributed by atoms with E-state index in [0.29, 0.717) is 5.92 Å². The first-order valence-corrected chi connectivity index (χ1v) is 7.27. The van der Waals surface area contributed by atoms with Gasteiger partial charge in [0.15, 0.2) is 0 Å². The van der Waals surface area contributed by atoms with Crippen molar-refractivity contribution < 1.29 is 9.31 Å². The van der Waals surface area contributed by atoms with Crippen LogP contribution in [0, 0.1) is 0 Å². The van der Waals surface area contributed by atoms with Crippen LogP contribution in [0.15, 0.2) is 6.20 Å². The molecule has 0 radical (unpaired) electrons. The second kappa shape index (κ2) is 4.09. The van der Waals surface area contributed by atoms with Gasteiger partial charge in [-0.2, -0.15) is 5.10 Å². The number of nitrogens with zero attached hydrogens (tertiary/aromatic N) is 2. The highest BCUT2D eigenvalue weighted by molar-refractivity contribution is 6.62. The third-order valence-corrected chi connectivity index (χ3v) is 4.62. The quantitative estimate of drug-likeness (QED) is 0.782. The van der Waals surface area contributed by atoms with Crippen molar-refractivity contribution in [2.45, 2.75) is 71.1 Å². The Hall–Kier alpha value is -0.805. The van der Waals surface area contributed by atoms with Gasteiger partial charge in [-0.1, -0.05) is 0 Å². The smallest absolute Gasteiger partial charge is 0.399 e. The van der Waals surface area contributed by atoms with Gasteiger partial charge in [-0.15, -0.1) is 0 Å². The van der Waals surface area contributed by atoms with E-state index < -0.39 is 0 Å². The average molecular weight is 262 g/mol. The molecule has 1 aromatic heterocycles. The fourth-order valence-corrected chi connectivity index (χ4v) is 2.44. The van der Waals surface area contributed by atoms with Gasteiger partial charge in [0.25, 0.3) is 0 Å². The number of aromatic nitrogens is 2. The molecule has 0 bridgehead atoms. The van der Waals surface area contributed by atoms with Crippen molar-refractivity contribution in [3.05, 3.63) is 11.9 Å². The summed E-state index contributed by atoms with van der Waals surface area (Å²) in [5.41, 5.74) is 1.74. The number of hydrogen-bond donors (Lipinski definition) is 0. The highest BCUT2D eigenvalue weighted by Gasteiger charge is 2.53. The molecule has 0 aromatic carbocycles. The lowest BCUT2D eigenvalue weighted by molar-refractivity contribution is 0.00578. The topological polar surface area (TPSA) is 36.3 Å². The van der Waals surface area contributed by atoms with Crippen LogP contribution in [0.3, 0.4) is 0 Å². The van der Waals surface area contributed by atoms with E-state index in [1.54, 1.807) is 0 Å². The third-order valence-electron chi connectivity index (χ3n) is 4.62. The maximum atomic E-state index is 6.15. The summed E-state index contributed by atoms with van der Waals surface area (Å²) < 4.78 is 14.3. The summed E-state index contributed by atoms with van der Waals surface area (Å²) in [7, 11) is -0.277. The van der Waals surface area contributed by atoms with Crippen LogP contribution < -0.4 is 5.46 Å². The van der Waals surface area contributed by atoms with E-state index in [9.17, 15) is 0 Å². The minimum atomic E-state index is -0.285. The third kappa shape index (κ3) is 2.13. The van der Waals surface area contributed by atoms with Crippen LogP contribution in [-0.4, -0.2) is 28.1 Å². The van der Waals surface area contributed by atoms with Crippen molar-refractivity contribution in [3.8, 4) is 0 Å². The fraction of sp³-hybridized carbons (Fsp3) is 0.786. The summed E-state index contributed by atoms with van der Waals surface area (Å²) in [5.74, 6) is 0.613. The minimum absolute atomic E-state index is 0.277. The molecule has 2 aliphatic rings. The van der Waals surface area contributed by atoms with Crippen molar-refractivity contribution in [2.24, 2.45) is 0 Å². The summed E-state index contributed by atoms with van der Waals surface area (Å²) in [6.07, 6.45) is 4.58. The van der Waals surface area contributed by atoms with Crippen molar-refractivity contribution in [2.75, 3.05) is 0 Å². The Labute approximate surface area is 115 Å².